The van der Waals surface area contributed by atoms with Crippen molar-refractivity contribution in [2.24, 2.45) is 30.9 Å². The molecule has 0 fully saturated rings. The first-order valence-corrected chi connectivity index (χ1v) is 10.9. The predicted octanol–water partition coefficient (Wildman–Crippen LogP) is 2.42. The summed E-state index contributed by atoms with van der Waals surface area (Å²) in [5.41, 5.74) is 0.657. The first kappa shape index (κ1) is 24.4. The minimum absolute atomic E-state index is 0.289. The molecule has 2 unspecified atom stereocenters. The van der Waals surface area contributed by atoms with Crippen LogP contribution in [0.25, 0.3) is 0 Å². The number of halogens is 3. The minimum Gasteiger partial charge on any atom is -0.536 e. The van der Waals surface area contributed by atoms with E-state index in [1.807, 2.05) is 0 Å². The molecule has 12 nitrogen and oxygen atoms in total. The summed E-state index contributed by atoms with van der Waals surface area (Å²) in [4.78, 5) is 0. The van der Waals surface area contributed by atoms with Gasteiger partial charge in [-0.3, -0.25) is 0 Å². The van der Waals surface area contributed by atoms with Gasteiger partial charge in [0.2, 0.25) is 0 Å². The first-order valence-electron chi connectivity index (χ1n) is 9.79. The van der Waals surface area contributed by atoms with Crippen molar-refractivity contribution >= 4 is 93.4 Å². The van der Waals surface area contributed by atoms with Crippen LogP contribution in [0.5, 0.6) is 0 Å². The van der Waals surface area contributed by atoms with E-state index in [-0.39, 0.29) is 15.5 Å². The van der Waals surface area contributed by atoms with Crippen LogP contribution in [-0.4, -0.2) is 47.7 Å². The fourth-order valence-electron chi connectivity index (χ4n) is 2.75. The topological polar surface area (TPSA) is 130 Å². The molecule has 5 rings (SSSR count). The largest absolute Gasteiger partial charge is 0.640 e. The van der Waals surface area contributed by atoms with Crippen molar-refractivity contribution in [1.29, 1.82) is 0 Å². The maximum atomic E-state index is 6.13. The average molecular weight is 537 g/mol. The maximum absolute atomic E-state index is 6.13. The van der Waals surface area contributed by atoms with E-state index in [1.165, 1.54) is 0 Å². The molecule has 17 heteroatoms. The van der Waals surface area contributed by atoms with Crippen LogP contribution in [-0.2, 0) is 28.5 Å². The van der Waals surface area contributed by atoms with Crippen molar-refractivity contribution in [2.45, 2.75) is 0 Å². The number of hydrogen-bond donors (Lipinski definition) is 0. The molecule has 35 heavy (non-hydrogen) atoms. The Balaban J connectivity index is 1.88. The molecule has 3 aliphatic rings. The Morgan fingerprint density at radius 1 is 0.457 bits per heavy atom. The fourth-order valence-corrected chi connectivity index (χ4v) is 2.99. The highest BCUT2D eigenvalue weighted by atomic mass is 35.5. The number of hydrogen-bond acceptors (Lipinski definition) is 12. The normalized spacial score (nSPS) is 29.3. The third-order valence-electron chi connectivity index (χ3n) is 4.33. The molecule has 0 aromatic heterocycles. The predicted molar refractivity (Wildman–Crippen MR) is 136 cm³/mol. The average Bonchev–Trinajstić information content (AvgIpc) is 2.88. The second kappa shape index (κ2) is 11.1. The molecule has 2 atom stereocenters. The van der Waals surface area contributed by atoms with Crippen LogP contribution < -0.4 is 10.9 Å². The lowest BCUT2D eigenvalue weighted by Gasteiger charge is -2.35. The summed E-state index contributed by atoms with van der Waals surface area (Å²) >= 11 is 18.4. The molecule has 2 aromatic carbocycles. The third-order valence-corrected chi connectivity index (χ3v) is 4.83. The summed E-state index contributed by atoms with van der Waals surface area (Å²) in [6, 6.07) is 16.7. The van der Waals surface area contributed by atoms with Crippen LogP contribution in [0.15, 0.2) is 91.6 Å². The third kappa shape index (κ3) is 6.04. The van der Waals surface area contributed by atoms with Crippen molar-refractivity contribution < 1.29 is 28.5 Å². The molecule has 0 spiro atoms. The van der Waals surface area contributed by atoms with Gasteiger partial charge in [-0.15, -0.1) is 30.9 Å². The quantitative estimate of drug-likeness (QED) is 0.542. The van der Waals surface area contributed by atoms with E-state index >= 15 is 0 Å². The monoisotopic (exact) mass is 536 g/mol. The number of benzene rings is 2. The van der Waals surface area contributed by atoms with Crippen LogP contribution in [0.3, 0.4) is 0 Å². The van der Waals surface area contributed by atoms with E-state index in [2.05, 4.69) is 30.9 Å². The van der Waals surface area contributed by atoms with Crippen LogP contribution in [0, 0.1) is 0 Å². The van der Waals surface area contributed by atoms with Gasteiger partial charge in [0.05, 0.1) is 0 Å². The number of nitrogens with zero attached hydrogens (tertiary/aromatic N) is 6. The summed E-state index contributed by atoms with van der Waals surface area (Å²) in [7, 11) is 0. The maximum Gasteiger partial charge on any atom is 0.640 e. The molecule has 3 aliphatic heterocycles. The molecule has 0 saturated carbocycles. The summed E-state index contributed by atoms with van der Waals surface area (Å²) in [6.45, 7) is -6.08. The number of fused-ring (bicyclic) bond motifs is 9. The molecule has 2 aromatic rings. The zero-order valence-corrected chi connectivity index (χ0v) is 19.7. The minimum atomic E-state index is -3.09. The van der Waals surface area contributed by atoms with E-state index in [4.69, 9.17) is 63.3 Å². The van der Waals surface area contributed by atoms with Gasteiger partial charge >= 0.3 is 13.5 Å². The number of oxime groups is 6. The second-order valence-electron chi connectivity index (χ2n) is 6.68. The van der Waals surface area contributed by atoms with Crippen molar-refractivity contribution in [1.82, 2.24) is 0 Å². The molecule has 180 valence electrons. The first-order chi connectivity index (χ1) is 17.0. The molecule has 0 amide bonds. The van der Waals surface area contributed by atoms with Crippen molar-refractivity contribution in [3.8, 4) is 0 Å². The van der Waals surface area contributed by atoms with E-state index < -0.39 is 13.5 Å². The molecule has 0 N–H and O–H groups in total. The van der Waals surface area contributed by atoms with Gasteiger partial charge in [0.15, 0.2) is 15.5 Å². The van der Waals surface area contributed by atoms with Gasteiger partial charge in [0.25, 0.3) is 0 Å². The summed E-state index contributed by atoms with van der Waals surface area (Å²) in [5.74, 6) is 0. The Labute approximate surface area is 213 Å². The molecule has 2 bridgehead atoms. The van der Waals surface area contributed by atoms with Crippen LogP contribution in [0.1, 0.15) is 0 Å². The van der Waals surface area contributed by atoms with Crippen molar-refractivity contribution in [3.05, 3.63) is 60.7 Å². The molecule has 3 heterocycles. The molecule has 0 aliphatic carbocycles. The number of rotatable bonds is 2. The van der Waals surface area contributed by atoms with Gasteiger partial charge in [-0.25, -0.2) is 0 Å². The second-order valence-corrected chi connectivity index (χ2v) is 7.85. The van der Waals surface area contributed by atoms with Crippen LogP contribution in [0.2, 0.25) is 0 Å². The van der Waals surface area contributed by atoms with E-state index in [0.29, 0.717) is 10.9 Å². The summed E-state index contributed by atoms with van der Waals surface area (Å²) in [6.07, 6.45) is 3.03. The Morgan fingerprint density at radius 2 is 0.771 bits per heavy atom. The molecular weight excluding hydrogens is 524 g/mol. The van der Waals surface area contributed by atoms with Crippen molar-refractivity contribution in [3.63, 3.8) is 0 Å². The van der Waals surface area contributed by atoms with E-state index in [0.717, 1.165) is 18.6 Å². The van der Waals surface area contributed by atoms with E-state index in [1.54, 1.807) is 60.7 Å². The molecule has 0 saturated heterocycles. The lowest BCUT2D eigenvalue weighted by molar-refractivity contribution is 0.0787. The van der Waals surface area contributed by atoms with Gasteiger partial charge in [-0.05, 0) is 0 Å². The lowest BCUT2D eigenvalue weighted by atomic mass is 9.70. The Kier molecular flexibility index (Phi) is 7.75. The molecular formula is C18H13B2Cl3N6O6-2. The lowest BCUT2D eigenvalue weighted by Crippen LogP contribution is -2.54. The fraction of sp³-hybridized carbons (Fsp3) is 0. The van der Waals surface area contributed by atoms with Gasteiger partial charge in [-0.2, -0.15) is 0 Å². The summed E-state index contributed by atoms with van der Waals surface area (Å²) in [5, 5.41) is 21.8. The van der Waals surface area contributed by atoms with Gasteiger partial charge in [0, 0.05) is 0 Å². The Hall–Kier alpha value is -3.74. The highest BCUT2D eigenvalue weighted by molar-refractivity contribution is 6.82. The van der Waals surface area contributed by atoms with Gasteiger partial charge in [0.1, 0.15) is 18.6 Å². The summed E-state index contributed by atoms with van der Waals surface area (Å²) < 4.78 is 33.1. The smallest absolute Gasteiger partial charge is 0.536 e. The van der Waals surface area contributed by atoms with Crippen molar-refractivity contribution in [2.75, 3.05) is 0 Å². The highest BCUT2D eigenvalue weighted by Crippen LogP contribution is 2.17. The van der Waals surface area contributed by atoms with Gasteiger partial charge < -0.3 is 28.5 Å². The zero-order valence-electron chi connectivity index (χ0n) is 17.4. The Bertz CT molecular complexity index is 1130. The molecule has 0 radical (unpaired) electrons. The van der Waals surface area contributed by atoms with E-state index in [9.17, 15) is 0 Å². The zero-order chi connectivity index (χ0) is 24.6. The SMILES string of the molecule is ClC1=NO[B-]2(c3ccccc3)O/N=C(/Cl)C=NO[B-](c3ccccc3)(O/N=C\1)O/N=C\C(Cl)=N/O2. The Morgan fingerprint density at radius 3 is 1.11 bits per heavy atom. The van der Waals surface area contributed by atoms with Crippen LogP contribution >= 0.6 is 34.8 Å². The van der Waals surface area contributed by atoms with Gasteiger partial charge in [-0.1, -0.05) is 106 Å². The van der Waals surface area contributed by atoms with Crippen LogP contribution in [0.4, 0.5) is 0 Å². The highest BCUT2D eigenvalue weighted by Gasteiger charge is 2.42. The standard InChI is InChI=1S/C18H13B2Cl3N6O6/c21-16-11-24-30-19(14-7-3-1-4-8-14)31-25-12-17(22)28-34-20(33-27-16,15-9-5-2-6-10-15)35-29-18(23)13-26-32-19/h1-13H/q-2/b24-11-,25-12-,26-13?,27-16+,28-17?,29-18+.